The van der Waals surface area contributed by atoms with E-state index in [0.717, 1.165) is 0 Å². The zero-order valence-corrected chi connectivity index (χ0v) is 10.4. The van der Waals surface area contributed by atoms with Crippen molar-refractivity contribution in [3.05, 3.63) is 58.1 Å². The van der Waals surface area contributed by atoms with Crippen LogP contribution < -0.4 is 5.73 Å². The zero-order valence-electron chi connectivity index (χ0n) is 8.85. The largest absolute Gasteiger partial charge is 0.506 e. The lowest BCUT2D eigenvalue weighted by molar-refractivity contribution is 0.103. The standard InChI is InChI=1S/C13H10BrNO2/c14-9-6-10(12(15)11(16)7-9)13(17)8-4-2-1-3-5-8/h1-7,16H,15H2. The van der Waals surface area contributed by atoms with E-state index in [-0.39, 0.29) is 17.2 Å². The van der Waals surface area contributed by atoms with E-state index in [9.17, 15) is 9.90 Å². The van der Waals surface area contributed by atoms with Gasteiger partial charge in [0.2, 0.25) is 0 Å². The molecule has 2 aromatic rings. The van der Waals surface area contributed by atoms with Crippen LogP contribution in [-0.2, 0) is 0 Å². The highest BCUT2D eigenvalue weighted by atomic mass is 79.9. The van der Waals surface area contributed by atoms with Crippen LogP contribution in [0.25, 0.3) is 0 Å². The van der Waals surface area contributed by atoms with Crippen molar-refractivity contribution < 1.29 is 9.90 Å². The topological polar surface area (TPSA) is 63.3 Å². The Bertz CT molecular complexity index is 567. The Balaban J connectivity index is 2.52. The lowest BCUT2D eigenvalue weighted by Crippen LogP contribution is -2.05. The summed E-state index contributed by atoms with van der Waals surface area (Å²) in [5.74, 6) is -0.307. The number of phenolic OH excluding ortho intramolecular Hbond substituents is 1. The van der Waals surface area contributed by atoms with Gasteiger partial charge in [-0.05, 0) is 12.1 Å². The van der Waals surface area contributed by atoms with Crippen molar-refractivity contribution >= 4 is 27.4 Å². The molecule has 0 unspecified atom stereocenters. The Labute approximate surface area is 107 Å². The van der Waals surface area contributed by atoms with Crippen molar-refractivity contribution in [3.63, 3.8) is 0 Å². The Morgan fingerprint density at radius 3 is 2.47 bits per heavy atom. The minimum atomic E-state index is -0.209. The van der Waals surface area contributed by atoms with Gasteiger partial charge < -0.3 is 10.8 Å². The first-order valence-electron chi connectivity index (χ1n) is 4.97. The summed E-state index contributed by atoms with van der Waals surface area (Å²) in [4.78, 5) is 12.2. The third-order valence-corrected chi connectivity index (χ3v) is 2.86. The van der Waals surface area contributed by atoms with Gasteiger partial charge in [-0.2, -0.15) is 0 Å². The summed E-state index contributed by atoms with van der Waals surface area (Å²) in [6.07, 6.45) is 0. The molecule has 0 spiro atoms. The minimum absolute atomic E-state index is 0.0985. The molecule has 4 heteroatoms. The van der Waals surface area contributed by atoms with Crippen molar-refractivity contribution in [1.82, 2.24) is 0 Å². The Kier molecular flexibility index (Phi) is 3.15. The molecule has 0 bridgehead atoms. The summed E-state index contributed by atoms with van der Waals surface area (Å²) in [5, 5.41) is 9.57. The summed E-state index contributed by atoms with van der Waals surface area (Å²) < 4.78 is 0.614. The van der Waals surface area contributed by atoms with Crippen molar-refractivity contribution in [3.8, 4) is 5.75 Å². The van der Waals surface area contributed by atoms with Crippen LogP contribution in [-0.4, -0.2) is 10.9 Å². The maximum Gasteiger partial charge on any atom is 0.195 e. The van der Waals surface area contributed by atoms with Gasteiger partial charge in [-0.1, -0.05) is 46.3 Å². The molecule has 0 atom stereocenters. The third-order valence-electron chi connectivity index (χ3n) is 2.40. The van der Waals surface area contributed by atoms with Crippen LogP contribution >= 0.6 is 15.9 Å². The number of anilines is 1. The maximum absolute atomic E-state index is 12.2. The minimum Gasteiger partial charge on any atom is -0.506 e. The first kappa shape index (κ1) is 11.7. The number of carbonyl (C=O) groups excluding carboxylic acids is 1. The average Bonchev–Trinajstić information content (AvgIpc) is 2.34. The number of phenols is 1. The quantitative estimate of drug-likeness (QED) is 0.508. The monoisotopic (exact) mass is 291 g/mol. The molecule has 0 aliphatic carbocycles. The van der Waals surface area contributed by atoms with Crippen molar-refractivity contribution in [2.75, 3.05) is 5.73 Å². The summed E-state index contributed by atoms with van der Waals surface area (Å²) in [6.45, 7) is 0. The molecule has 0 saturated heterocycles. The van der Waals surface area contributed by atoms with E-state index in [2.05, 4.69) is 15.9 Å². The highest BCUT2D eigenvalue weighted by Gasteiger charge is 2.15. The van der Waals surface area contributed by atoms with Crippen molar-refractivity contribution in [2.45, 2.75) is 0 Å². The van der Waals surface area contributed by atoms with Gasteiger partial charge in [-0.15, -0.1) is 0 Å². The highest BCUT2D eigenvalue weighted by Crippen LogP contribution is 2.30. The van der Waals surface area contributed by atoms with E-state index in [1.807, 2.05) is 6.07 Å². The lowest BCUT2D eigenvalue weighted by atomic mass is 10.0. The van der Waals surface area contributed by atoms with Crippen LogP contribution in [0.4, 0.5) is 5.69 Å². The number of hydrogen-bond donors (Lipinski definition) is 2. The molecule has 3 N–H and O–H groups in total. The zero-order chi connectivity index (χ0) is 12.4. The van der Waals surface area contributed by atoms with Crippen LogP contribution in [0.1, 0.15) is 15.9 Å². The van der Waals surface area contributed by atoms with Crippen molar-refractivity contribution in [2.24, 2.45) is 0 Å². The van der Waals surface area contributed by atoms with Gasteiger partial charge in [-0.25, -0.2) is 0 Å². The molecular weight excluding hydrogens is 282 g/mol. The smallest absolute Gasteiger partial charge is 0.195 e. The van der Waals surface area contributed by atoms with E-state index in [4.69, 9.17) is 5.73 Å². The molecule has 17 heavy (non-hydrogen) atoms. The fourth-order valence-corrected chi connectivity index (χ4v) is 1.98. The van der Waals surface area contributed by atoms with E-state index >= 15 is 0 Å². The lowest BCUT2D eigenvalue weighted by Gasteiger charge is -2.07. The van der Waals surface area contributed by atoms with E-state index in [1.54, 1.807) is 30.3 Å². The molecule has 0 heterocycles. The van der Waals surface area contributed by atoms with E-state index in [0.29, 0.717) is 15.6 Å². The average molecular weight is 292 g/mol. The van der Waals surface area contributed by atoms with Gasteiger partial charge in [0.25, 0.3) is 0 Å². The van der Waals surface area contributed by atoms with Gasteiger partial charge >= 0.3 is 0 Å². The highest BCUT2D eigenvalue weighted by molar-refractivity contribution is 9.10. The van der Waals surface area contributed by atoms with Gasteiger partial charge in [0.1, 0.15) is 5.75 Å². The maximum atomic E-state index is 12.2. The van der Waals surface area contributed by atoms with Crippen LogP contribution in [0.3, 0.4) is 0 Å². The SMILES string of the molecule is Nc1c(O)cc(Br)cc1C(=O)c1ccccc1. The molecule has 0 fully saturated rings. The predicted octanol–water partition coefficient (Wildman–Crippen LogP) is 2.97. The Morgan fingerprint density at radius 1 is 1.18 bits per heavy atom. The number of nitrogen functional groups attached to an aromatic ring is 1. The molecule has 0 aliphatic heterocycles. The first-order chi connectivity index (χ1) is 8.09. The summed E-state index contributed by atoms with van der Waals surface area (Å²) in [7, 11) is 0. The molecule has 2 aromatic carbocycles. The van der Waals surface area contributed by atoms with Gasteiger partial charge in [-0.3, -0.25) is 4.79 Å². The van der Waals surface area contributed by atoms with Crippen LogP contribution in [0.2, 0.25) is 0 Å². The molecule has 0 radical (unpaired) electrons. The van der Waals surface area contributed by atoms with Gasteiger partial charge in [0, 0.05) is 10.0 Å². The number of hydrogen-bond acceptors (Lipinski definition) is 3. The third kappa shape index (κ3) is 2.31. The molecule has 0 saturated carbocycles. The number of rotatable bonds is 2. The van der Waals surface area contributed by atoms with Crippen LogP contribution in [0.5, 0.6) is 5.75 Å². The fraction of sp³-hybridized carbons (Fsp3) is 0. The van der Waals surface area contributed by atoms with Crippen molar-refractivity contribution in [1.29, 1.82) is 0 Å². The van der Waals surface area contributed by atoms with E-state index < -0.39 is 0 Å². The van der Waals surface area contributed by atoms with Crippen LogP contribution in [0.15, 0.2) is 46.9 Å². The molecule has 0 amide bonds. The Hall–Kier alpha value is -1.81. The normalized spacial score (nSPS) is 10.2. The number of carbonyl (C=O) groups is 1. The number of halogens is 1. The molecule has 86 valence electrons. The first-order valence-corrected chi connectivity index (χ1v) is 5.76. The number of benzene rings is 2. The second-order valence-electron chi connectivity index (χ2n) is 3.58. The number of ketones is 1. The molecule has 2 rings (SSSR count). The summed E-state index contributed by atoms with van der Waals surface area (Å²) in [6, 6.07) is 11.9. The van der Waals surface area contributed by atoms with Gasteiger partial charge in [0.15, 0.2) is 5.78 Å². The molecule has 0 aliphatic rings. The second-order valence-corrected chi connectivity index (χ2v) is 4.50. The summed E-state index contributed by atoms with van der Waals surface area (Å²) >= 11 is 3.22. The molecule has 0 aromatic heterocycles. The number of nitrogens with two attached hydrogens (primary N) is 1. The molecule has 3 nitrogen and oxygen atoms in total. The Morgan fingerprint density at radius 2 is 1.82 bits per heavy atom. The van der Waals surface area contributed by atoms with Gasteiger partial charge in [0.05, 0.1) is 11.3 Å². The second kappa shape index (κ2) is 4.59. The van der Waals surface area contributed by atoms with E-state index in [1.165, 1.54) is 6.07 Å². The summed E-state index contributed by atoms with van der Waals surface area (Å²) in [5.41, 5.74) is 6.63. The molecular formula is C13H10BrNO2. The number of aromatic hydroxyl groups is 1. The van der Waals surface area contributed by atoms with Crippen LogP contribution in [0, 0.1) is 0 Å². The fourth-order valence-electron chi connectivity index (χ4n) is 1.54. The predicted molar refractivity (Wildman–Crippen MR) is 70.1 cm³/mol.